The van der Waals surface area contributed by atoms with E-state index < -0.39 is 0 Å². The lowest BCUT2D eigenvalue weighted by molar-refractivity contribution is -0.193. The molecule has 1 aromatic heterocycles. The maximum absolute atomic E-state index is 12.2. The smallest absolute Gasteiger partial charge is 0.254 e. The van der Waals surface area contributed by atoms with Gasteiger partial charge in [0.05, 0.1) is 17.8 Å². The highest BCUT2D eigenvalue weighted by Crippen LogP contribution is 2.39. The van der Waals surface area contributed by atoms with Gasteiger partial charge in [-0.25, -0.2) is 0 Å². The minimum atomic E-state index is -0.251. The normalized spacial score (nSPS) is 27.7. The number of rotatable bonds is 3. The van der Waals surface area contributed by atoms with E-state index in [1.165, 1.54) is 0 Å². The molecule has 5 nitrogen and oxygen atoms in total. The van der Waals surface area contributed by atoms with Crippen LogP contribution < -0.4 is 5.56 Å². The SMILES string of the molecule is CC(C)[C@H]1C[C@@H](O)CC2(CCN(Cc3cccn(C)c3=O)CC2)O1. The number of aryl methyl sites for hydroxylation is 1. The number of aliphatic hydroxyl groups is 1. The fourth-order valence-electron chi connectivity index (χ4n) is 4.06. The Labute approximate surface area is 144 Å². The van der Waals surface area contributed by atoms with Crippen molar-refractivity contribution >= 4 is 0 Å². The van der Waals surface area contributed by atoms with Crippen LogP contribution in [0.1, 0.15) is 45.1 Å². The second-order valence-electron chi connectivity index (χ2n) is 7.90. The molecule has 0 aliphatic carbocycles. The second-order valence-corrected chi connectivity index (χ2v) is 7.90. The molecule has 2 fully saturated rings. The van der Waals surface area contributed by atoms with E-state index in [2.05, 4.69) is 18.7 Å². The average molecular weight is 334 g/mol. The van der Waals surface area contributed by atoms with Gasteiger partial charge in [-0.05, 0) is 31.2 Å². The number of nitrogens with zero attached hydrogens (tertiary/aromatic N) is 2. The summed E-state index contributed by atoms with van der Waals surface area (Å²) in [5.41, 5.74) is 0.757. The molecule has 0 saturated carbocycles. The fourth-order valence-corrected chi connectivity index (χ4v) is 4.06. The van der Waals surface area contributed by atoms with Crippen LogP contribution in [0.5, 0.6) is 0 Å². The van der Waals surface area contributed by atoms with Crippen LogP contribution >= 0.6 is 0 Å². The molecule has 24 heavy (non-hydrogen) atoms. The molecule has 1 aromatic rings. The molecule has 3 heterocycles. The molecule has 5 heteroatoms. The van der Waals surface area contributed by atoms with E-state index in [1.54, 1.807) is 17.8 Å². The van der Waals surface area contributed by atoms with Gasteiger partial charge in [0.2, 0.25) is 0 Å². The number of aromatic nitrogens is 1. The summed E-state index contributed by atoms with van der Waals surface area (Å²) >= 11 is 0. The lowest BCUT2D eigenvalue weighted by Crippen LogP contribution is -2.53. The molecule has 134 valence electrons. The summed E-state index contributed by atoms with van der Waals surface area (Å²) in [6.07, 6.45) is 5.06. The van der Waals surface area contributed by atoms with E-state index in [4.69, 9.17) is 4.74 Å². The molecule has 0 aromatic carbocycles. The van der Waals surface area contributed by atoms with Gasteiger partial charge in [0.1, 0.15) is 0 Å². The summed E-state index contributed by atoms with van der Waals surface area (Å²) in [4.78, 5) is 14.5. The quantitative estimate of drug-likeness (QED) is 0.917. The zero-order chi connectivity index (χ0) is 17.3. The maximum atomic E-state index is 12.2. The van der Waals surface area contributed by atoms with Crippen molar-refractivity contribution in [1.29, 1.82) is 0 Å². The van der Waals surface area contributed by atoms with Crippen molar-refractivity contribution in [3.8, 4) is 0 Å². The van der Waals surface area contributed by atoms with Gasteiger partial charge in [-0.15, -0.1) is 0 Å². The van der Waals surface area contributed by atoms with E-state index >= 15 is 0 Å². The Balaban J connectivity index is 1.63. The predicted molar refractivity (Wildman–Crippen MR) is 93.9 cm³/mol. The van der Waals surface area contributed by atoms with Crippen LogP contribution in [0.4, 0.5) is 0 Å². The molecule has 2 aliphatic rings. The summed E-state index contributed by atoms with van der Waals surface area (Å²) in [6.45, 7) is 6.85. The molecule has 0 bridgehead atoms. The van der Waals surface area contributed by atoms with Crippen molar-refractivity contribution in [3.63, 3.8) is 0 Å². The van der Waals surface area contributed by atoms with Crippen molar-refractivity contribution in [2.24, 2.45) is 13.0 Å². The largest absolute Gasteiger partial charge is 0.393 e. The summed E-state index contributed by atoms with van der Waals surface area (Å²) in [6, 6.07) is 3.85. The van der Waals surface area contributed by atoms with Gasteiger partial charge in [0.25, 0.3) is 5.56 Å². The van der Waals surface area contributed by atoms with Crippen molar-refractivity contribution in [3.05, 3.63) is 34.2 Å². The molecule has 0 unspecified atom stereocenters. The number of hydrogen-bond acceptors (Lipinski definition) is 4. The van der Waals surface area contributed by atoms with Crippen LogP contribution in [0.3, 0.4) is 0 Å². The lowest BCUT2D eigenvalue weighted by Gasteiger charge is -2.48. The van der Waals surface area contributed by atoms with E-state index in [0.717, 1.165) is 44.3 Å². The van der Waals surface area contributed by atoms with Gasteiger partial charge in [-0.2, -0.15) is 0 Å². The van der Waals surface area contributed by atoms with Gasteiger partial charge in [0.15, 0.2) is 0 Å². The van der Waals surface area contributed by atoms with E-state index in [9.17, 15) is 9.90 Å². The van der Waals surface area contributed by atoms with Crippen LogP contribution in [0.25, 0.3) is 0 Å². The Bertz CT molecular complexity index is 617. The van der Waals surface area contributed by atoms with Crippen LogP contribution in [0.2, 0.25) is 0 Å². The van der Waals surface area contributed by atoms with Gasteiger partial charge in [0, 0.05) is 44.9 Å². The molecule has 3 rings (SSSR count). The van der Waals surface area contributed by atoms with E-state index in [1.807, 2.05) is 12.1 Å². The zero-order valence-corrected chi connectivity index (χ0v) is 15.1. The molecule has 1 N–H and O–H groups in total. The highest BCUT2D eigenvalue weighted by molar-refractivity contribution is 5.10. The van der Waals surface area contributed by atoms with Gasteiger partial charge >= 0.3 is 0 Å². The second kappa shape index (κ2) is 6.98. The van der Waals surface area contributed by atoms with Crippen molar-refractivity contribution in [2.75, 3.05) is 13.1 Å². The Morgan fingerprint density at radius 2 is 2.08 bits per heavy atom. The highest BCUT2D eigenvalue weighted by Gasteiger charge is 2.43. The number of ether oxygens (including phenoxy) is 1. The first-order valence-corrected chi connectivity index (χ1v) is 9.11. The maximum Gasteiger partial charge on any atom is 0.254 e. The summed E-state index contributed by atoms with van der Waals surface area (Å²) in [5.74, 6) is 0.433. The van der Waals surface area contributed by atoms with E-state index in [0.29, 0.717) is 12.5 Å². The van der Waals surface area contributed by atoms with E-state index in [-0.39, 0.29) is 23.4 Å². The molecular weight excluding hydrogens is 304 g/mol. The number of aliphatic hydroxyl groups excluding tert-OH is 1. The fraction of sp³-hybridized carbons (Fsp3) is 0.737. The number of hydrogen-bond donors (Lipinski definition) is 1. The Morgan fingerprint density at radius 1 is 1.38 bits per heavy atom. The Morgan fingerprint density at radius 3 is 2.75 bits per heavy atom. The first-order chi connectivity index (χ1) is 11.4. The molecule has 0 radical (unpaired) electrons. The monoisotopic (exact) mass is 334 g/mol. The average Bonchev–Trinajstić information content (AvgIpc) is 2.53. The van der Waals surface area contributed by atoms with Crippen molar-refractivity contribution < 1.29 is 9.84 Å². The number of piperidine rings is 1. The minimum Gasteiger partial charge on any atom is -0.393 e. The number of pyridine rings is 1. The third kappa shape index (κ3) is 3.73. The molecule has 2 aliphatic heterocycles. The van der Waals surface area contributed by atoms with Crippen LogP contribution in [-0.2, 0) is 18.3 Å². The first kappa shape index (κ1) is 17.6. The lowest BCUT2D eigenvalue weighted by atomic mass is 9.80. The van der Waals surface area contributed by atoms with Gasteiger partial charge < -0.3 is 14.4 Å². The third-order valence-corrected chi connectivity index (χ3v) is 5.62. The highest BCUT2D eigenvalue weighted by atomic mass is 16.5. The molecule has 2 atom stereocenters. The zero-order valence-electron chi connectivity index (χ0n) is 15.1. The molecule has 2 saturated heterocycles. The molecule has 1 spiro atoms. The predicted octanol–water partition coefficient (Wildman–Crippen LogP) is 1.92. The first-order valence-electron chi connectivity index (χ1n) is 9.11. The van der Waals surface area contributed by atoms with Crippen LogP contribution in [-0.4, -0.2) is 45.5 Å². The standard InChI is InChI=1S/C19H30N2O3/c1-14(2)17-11-16(22)12-19(24-17)6-9-21(10-7-19)13-15-5-4-8-20(3)18(15)23/h4-5,8,14,16-17,22H,6-7,9-13H2,1-3H3/t16-,17-/m1/s1. The van der Waals surface area contributed by atoms with Crippen LogP contribution in [0, 0.1) is 5.92 Å². The Hall–Kier alpha value is -1.17. The number of likely N-dealkylation sites (tertiary alicyclic amines) is 1. The summed E-state index contributed by atoms with van der Waals surface area (Å²) in [5, 5.41) is 10.3. The molecule has 0 amide bonds. The summed E-state index contributed by atoms with van der Waals surface area (Å²) in [7, 11) is 1.79. The topological polar surface area (TPSA) is 54.7 Å². The van der Waals surface area contributed by atoms with Crippen LogP contribution in [0.15, 0.2) is 23.1 Å². The van der Waals surface area contributed by atoms with Crippen molar-refractivity contribution in [1.82, 2.24) is 9.47 Å². The third-order valence-electron chi connectivity index (χ3n) is 5.62. The minimum absolute atomic E-state index is 0.0852. The van der Waals surface area contributed by atoms with Crippen molar-refractivity contribution in [2.45, 2.75) is 63.9 Å². The van der Waals surface area contributed by atoms with Gasteiger partial charge in [-0.1, -0.05) is 19.9 Å². The Kier molecular flexibility index (Phi) is 5.13. The summed E-state index contributed by atoms with van der Waals surface area (Å²) < 4.78 is 8.07. The molecular formula is C19H30N2O3. The van der Waals surface area contributed by atoms with Gasteiger partial charge in [-0.3, -0.25) is 9.69 Å².